The van der Waals surface area contributed by atoms with E-state index in [1.54, 1.807) is 7.11 Å². The lowest BCUT2D eigenvalue weighted by molar-refractivity contribution is 0.414. The lowest BCUT2D eigenvalue weighted by Crippen LogP contribution is -2.29. The second-order valence-corrected chi connectivity index (χ2v) is 5.61. The van der Waals surface area contributed by atoms with Crippen LogP contribution in [0, 0.1) is 6.92 Å². The van der Waals surface area contributed by atoms with Crippen molar-refractivity contribution in [3.8, 4) is 5.75 Å². The van der Waals surface area contributed by atoms with Gasteiger partial charge in [0.1, 0.15) is 5.75 Å². The summed E-state index contributed by atoms with van der Waals surface area (Å²) in [5.41, 5.74) is 3.54. The van der Waals surface area contributed by atoms with Crippen LogP contribution in [-0.2, 0) is 6.42 Å². The first-order chi connectivity index (χ1) is 10.7. The van der Waals surface area contributed by atoms with Gasteiger partial charge < -0.3 is 15.4 Å². The third-order valence-electron chi connectivity index (χ3n) is 3.36. The van der Waals surface area contributed by atoms with Crippen LogP contribution in [0.2, 0.25) is 0 Å². The van der Waals surface area contributed by atoms with Gasteiger partial charge in [-0.1, -0.05) is 24.3 Å². The van der Waals surface area contributed by atoms with Crippen LogP contribution in [0.1, 0.15) is 17.5 Å². The first-order valence-corrected chi connectivity index (χ1v) is 7.82. The van der Waals surface area contributed by atoms with E-state index in [4.69, 9.17) is 17.0 Å². The van der Waals surface area contributed by atoms with E-state index in [1.165, 1.54) is 11.1 Å². The molecule has 2 aromatic rings. The normalized spacial score (nSPS) is 10.1. The zero-order valence-electron chi connectivity index (χ0n) is 13.1. The second-order valence-electron chi connectivity index (χ2n) is 5.20. The molecule has 2 aromatic carbocycles. The summed E-state index contributed by atoms with van der Waals surface area (Å²) in [5.74, 6) is 0.894. The summed E-state index contributed by atoms with van der Waals surface area (Å²) in [7, 11) is 1.68. The molecule has 4 heteroatoms. The molecule has 0 aliphatic rings. The predicted molar refractivity (Wildman–Crippen MR) is 96.7 cm³/mol. The van der Waals surface area contributed by atoms with Crippen LogP contribution < -0.4 is 15.4 Å². The molecule has 0 aromatic heterocycles. The summed E-state index contributed by atoms with van der Waals surface area (Å²) < 4.78 is 5.15. The fourth-order valence-electron chi connectivity index (χ4n) is 2.18. The summed E-state index contributed by atoms with van der Waals surface area (Å²) in [4.78, 5) is 0. The third kappa shape index (κ3) is 5.37. The van der Waals surface area contributed by atoms with Gasteiger partial charge in [0.15, 0.2) is 5.11 Å². The highest BCUT2D eigenvalue weighted by molar-refractivity contribution is 7.80. The van der Waals surface area contributed by atoms with Gasteiger partial charge in [-0.25, -0.2) is 0 Å². The van der Waals surface area contributed by atoms with Crippen LogP contribution in [-0.4, -0.2) is 18.8 Å². The monoisotopic (exact) mass is 314 g/mol. The molecule has 0 bridgehead atoms. The number of ether oxygens (including phenoxy) is 1. The van der Waals surface area contributed by atoms with E-state index in [2.05, 4.69) is 41.8 Å². The Morgan fingerprint density at radius 3 is 2.59 bits per heavy atom. The standard InChI is InChI=1S/C18H22N2OS/c1-14-5-3-7-16(13-14)20-18(22)19-12-4-6-15-8-10-17(21-2)11-9-15/h3,5,7-11,13H,4,6,12H2,1-2H3,(H2,19,20,22). The molecule has 22 heavy (non-hydrogen) atoms. The van der Waals surface area contributed by atoms with Crippen molar-refractivity contribution in [2.24, 2.45) is 0 Å². The number of hydrogen-bond donors (Lipinski definition) is 2. The lowest BCUT2D eigenvalue weighted by Gasteiger charge is -2.11. The number of anilines is 1. The maximum absolute atomic E-state index is 5.30. The molecule has 0 atom stereocenters. The van der Waals surface area contributed by atoms with Crippen molar-refractivity contribution in [1.82, 2.24) is 5.32 Å². The van der Waals surface area contributed by atoms with E-state index in [9.17, 15) is 0 Å². The van der Waals surface area contributed by atoms with Gasteiger partial charge >= 0.3 is 0 Å². The molecule has 0 spiro atoms. The number of aryl methyl sites for hydroxylation is 2. The Morgan fingerprint density at radius 1 is 1.14 bits per heavy atom. The van der Waals surface area contributed by atoms with Crippen LogP contribution in [0.5, 0.6) is 5.75 Å². The van der Waals surface area contributed by atoms with Gasteiger partial charge in [-0.3, -0.25) is 0 Å². The smallest absolute Gasteiger partial charge is 0.170 e. The Labute approximate surface area is 137 Å². The van der Waals surface area contributed by atoms with Gasteiger partial charge in [0.25, 0.3) is 0 Å². The van der Waals surface area contributed by atoms with Crippen molar-refractivity contribution in [1.29, 1.82) is 0 Å². The quantitative estimate of drug-likeness (QED) is 0.625. The number of thiocarbonyl (C=S) groups is 1. The highest BCUT2D eigenvalue weighted by Gasteiger charge is 1.98. The molecule has 0 radical (unpaired) electrons. The molecule has 116 valence electrons. The van der Waals surface area contributed by atoms with Crippen LogP contribution >= 0.6 is 12.2 Å². The Balaban J connectivity index is 1.68. The van der Waals surface area contributed by atoms with Gasteiger partial charge in [-0.15, -0.1) is 0 Å². The molecule has 3 nitrogen and oxygen atoms in total. The SMILES string of the molecule is COc1ccc(CCCNC(=S)Nc2cccc(C)c2)cc1. The second kappa shape index (κ2) is 8.39. The van der Waals surface area contributed by atoms with E-state index < -0.39 is 0 Å². The third-order valence-corrected chi connectivity index (χ3v) is 3.61. The summed E-state index contributed by atoms with van der Waals surface area (Å²) in [6, 6.07) is 16.4. The number of rotatable bonds is 6. The molecule has 0 saturated heterocycles. The summed E-state index contributed by atoms with van der Waals surface area (Å²) in [5, 5.41) is 7.11. The summed E-state index contributed by atoms with van der Waals surface area (Å²) in [6.07, 6.45) is 2.05. The van der Waals surface area contributed by atoms with Gasteiger partial charge in [0.2, 0.25) is 0 Å². The molecule has 0 amide bonds. The highest BCUT2D eigenvalue weighted by Crippen LogP contribution is 2.12. The van der Waals surface area contributed by atoms with Gasteiger partial charge in [0, 0.05) is 12.2 Å². The Hall–Kier alpha value is -2.07. The van der Waals surface area contributed by atoms with Gasteiger partial charge in [-0.2, -0.15) is 0 Å². The van der Waals surface area contributed by atoms with Crippen molar-refractivity contribution in [3.63, 3.8) is 0 Å². The minimum atomic E-state index is 0.667. The van der Waals surface area contributed by atoms with Crippen molar-refractivity contribution in [2.45, 2.75) is 19.8 Å². The molecule has 0 fully saturated rings. The fourth-order valence-corrected chi connectivity index (χ4v) is 2.40. The number of benzene rings is 2. The molecule has 0 unspecified atom stereocenters. The molecular weight excluding hydrogens is 292 g/mol. The average molecular weight is 314 g/mol. The zero-order chi connectivity index (χ0) is 15.8. The highest BCUT2D eigenvalue weighted by atomic mass is 32.1. The van der Waals surface area contributed by atoms with E-state index >= 15 is 0 Å². The minimum Gasteiger partial charge on any atom is -0.497 e. The summed E-state index contributed by atoms with van der Waals surface area (Å²) >= 11 is 5.30. The minimum absolute atomic E-state index is 0.667. The summed E-state index contributed by atoms with van der Waals surface area (Å²) in [6.45, 7) is 2.92. The van der Waals surface area contributed by atoms with Crippen molar-refractivity contribution in [2.75, 3.05) is 19.0 Å². The molecule has 0 aliphatic heterocycles. The Morgan fingerprint density at radius 2 is 1.91 bits per heavy atom. The zero-order valence-corrected chi connectivity index (χ0v) is 13.9. The van der Waals surface area contributed by atoms with Crippen molar-refractivity contribution < 1.29 is 4.74 Å². The average Bonchev–Trinajstić information content (AvgIpc) is 2.52. The molecule has 0 saturated carbocycles. The van der Waals surface area contributed by atoms with Gasteiger partial charge in [-0.05, 0) is 67.4 Å². The largest absolute Gasteiger partial charge is 0.497 e. The Kier molecular flexibility index (Phi) is 6.22. The van der Waals surface area contributed by atoms with Crippen LogP contribution in [0.3, 0.4) is 0 Å². The number of methoxy groups -OCH3 is 1. The predicted octanol–water partition coefficient (Wildman–Crippen LogP) is 3.92. The van der Waals surface area contributed by atoms with E-state index in [-0.39, 0.29) is 0 Å². The maximum Gasteiger partial charge on any atom is 0.170 e. The first-order valence-electron chi connectivity index (χ1n) is 7.42. The number of hydrogen-bond acceptors (Lipinski definition) is 2. The maximum atomic E-state index is 5.30. The molecular formula is C18H22N2OS. The van der Waals surface area contributed by atoms with Crippen LogP contribution in [0.25, 0.3) is 0 Å². The Bertz CT molecular complexity index is 611. The molecule has 2 N–H and O–H groups in total. The van der Waals surface area contributed by atoms with Gasteiger partial charge in [0.05, 0.1) is 7.11 Å². The lowest BCUT2D eigenvalue weighted by atomic mass is 10.1. The van der Waals surface area contributed by atoms with Crippen LogP contribution in [0.15, 0.2) is 48.5 Å². The van der Waals surface area contributed by atoms with Crippen LogP contribution in [0.4, 0.5) is 5.69 Å². The molecule has 0 aliphatic carbocycles. The van der Waals surface area contributed by atoms with Crippen molar-refractivity contribution >= 4 is 23.0 Å². The number of nitrogens with one attached hydrogen (secondary N) is 2. The van der Waals surface area contributed by atoms with E-state index in [0.717, 1.165) is 30.8 Å². The fraction of sp³-hybridized carbons (Fsp3) is 0.278. The molecule has 2 rings (SSSR count). The first kappa shape index (κ1) is 16.3. The van der Waals surface area contributed by atoms with E-state index in [1.807, 2.05) is 24.3 Å². The van der Waals surface area contributed by atoms with E-state index in [0.29, 0.717) is 5.11 Å². The topological polar surface area (TPSA) is 33.3 Å². The van der Waals surface area contributed by atoms with Crippen molar-refractivity contribution in [3.05, 3.63) is 59.7 Å². The molecule has 0 heterocycles.